The number of nitrogens with one attached hydrogen (secondary N) is 1. The molecule has 0 amide bonds. The summed E-state index contributed by atoms with van der Waals surface area (Å²) in [7, 11) is 0. The summed E-state index contributed by atoms with van der Waals surface area (Å²) in [4.78, 5) is 61.9. The second-order valence-electron chi connectivity index (χ2n) is 8.99. The smallest absolute Gasteiger partial charge is 0.335 e. The maximum absolute atomic E-state index is 13.0. The van der Waals surface area contributed by atoms with Crippen LogP contribution in [0, 0.1) is 11.7 Å². The van der Waals surface area contributed by atoms with E-state index >= 15 is 0 Å². The number of aromatic amines is 1. The average molecular weight is 546 g/mol. The predicted octanol–water partition coefficient (Wildman–Crippen LogP) is 0.301. The molecule has 3 aromatic rings. The third kappa shape index (κ3) is 7.44. The molecule has 0 spiro atoms. The molecule has 2 atom stereocenters. The second kappa shape index (κ2) is 13.0. The van der Waals surface area contributed by atoms with Crippen molar-refractivity contribution in [1.82, 2.24) is 14.5 Å². The number of aliphatic carboxylic acids is 2. The zero-order chi connectivity index (χ0) is 28.7. The van der Waals surface area contributed by atoms with E-state index in [-0.39, 0.29) is 23.1 Å². The zero-order valence-electron chi connectivity index (χ0n) is 20.7. The van der Waals surface area contributed by atoms with Gasteiger partial charge in [0, 0.05) is 24.6 Å². The molecule has 1 aliphatic heterocycles. The van der Waals surface area contributed by atoms with Crippen molar-refractivity contribution in [2.24, 2.45) is 5.92 Å². The fourth-order valence-electron chi connectivity index (χ4n) is 4.18. The number of aliphatic hydroxyl groups is 2. The van der Waals surface area contributed by atoms with Crippen molar-refractivity contribution in [1.29, 1.82) is 0 Å². The molecule has 13 heteroatoms. The van der Waals surface area contributed by atoms with Crippen LogP contribution in [0.15, 0.2) is 58.1 Å². The van der Waals surface area contributed by atoms with E-state index in [1.165, 1.54) is 28.8 Å². The molecule has 39 heavy (non-hydrogen) atoms. The van der Waals surface area contributed by atoms with Gasteiger partial charge in [-0.2, -0.15) is 0 Å². The minimum absolute atomic E-state index is 0.0480. The number of carbonyl (C=O) groups excluding carboxylic acids is 1. The molecule has 12 nitrogen and oxygen atoms in total. The van der Waals surface area contributed by atoms with Crippen molar-refractivity contribution >= 4 is 28.6 Å². The molecule has 1 aliphatic rings. The number of H-pyrrole nitrogens is 1. The highest BCUT2D eigenvalue weighted by Crippen LogP contribution is 2.22. The number of carboxylic acids is 2. The summed E-state index contributed by atoms with van der Waals surface area (Å²) < 4.78 is 14.3. The Morgan fingerprint density at radius 1 is 0.897 bits per heavy atom. The molecule has 5 N–H and O–H groups in total. The van der Waals surface area contributed by atoms with Crippen LogP contribution in [0.25, 0.3) is 10.9 Å². The van der Waals surface area contributed by atoms with Crippen molar-refractivity contribution in [2.45, 2.75) is 31.6 Å². The van der Waals surface area contributed by atoms with Crippen LogP contribution in [-0.4, -0.2) is 84.4 Å². The van der Waals surface area contributed by atoms with Gasteiger partial charge < -0.3 is 30.3 Å². The maximum Gasteiger partial charge on any atom is 0.335 e. The van der Waals surface area contributed by atoms with E-state index in [1.54, 1.807) is 24.3 Å². The number of aromatic nitrogens is 2. The Morgan fingerprint density at radius 3 is 2.03 bits per heavy atom. The normalized spacial score (nSPS) is 15.7. The van der Waals surface area contributed by atoms with Gasteiger partial charge in [-0.1, -0.05) is 12.1 Å². The van der Waals surface area contributed by atoms with Gasteiger partial charge in [-0.25, -0.2) is 18.8 Å². The number of hydrogen-bond acceptors (Lipinski definition) is 8. The van der Waals surface area contributed by atoms with Crippen LogP contribution in [0.2, 0.25) is 0 Å². The third-order valence-electron chi connectivity index (χ3n) is 6.42. The lowest BCUT2D eigenvalue weighted by Crippen LogP contribution is -2.42. The fourth-order valence-corrected chi connectivity index (χ4v) is 4.18. The molecular weight excluding hydrogens is 517 g/mol. The quantitative estimate of drug-likeness (QED) is 0.246. The fraction of sp³-hybridized carbons (Fsp3) is 0.346. The van der Waals surface area contributed by atoms with Gasteiger partial charge in [0.2, 0.25) is 0 Å². The standard InChI is InChI=1S/C22H22FN3O3.C4H6O6/c23-17-7-5-15(6-8-17)20(27)16-9-11-25(12-10-16)13-14-26-21(28)18-3-1-2-4-19(18)24-22(26)29;5-1(3(7)8)2(6)4(9)10/h1-8,16H,9-14H2,(H,24,29);1-2,5-6H,(H,7,8)(H,9,10)/t;1-,2-/m.1/s1. The number of Topliss-reactive ketones (excluding diaryl/α,β-unsaturated/α-hetero) is 1. The molecule has 2 aromatic carbocycles. The van der Waals surface area contributed by atoms with Gasteiger partial charge in [0.1, 0.15) is 5.82 Å². The van der Waals surface area contributed by atoms with Crippen LogP contribution in [-0.2, 0) is 16.1 Å². The highest BCUT2D eigenvalue weighted by atomic mass is 19.1. The monoisotopic (exact) mass is 545 g/mol. The lowest BCUT2D eigenvalue weighted by molar-refractivity contribution is -0.165. The average Bonchev–Trinajstić information content (AvgIpc) is 2.92. The highest BCUT2D eigenvalue weighted by Gasteiger charge is 2.29. The lowest BCUT2D eigenvalue weighted by atomic mass is 9.89. The summed E-state index contributed by atoms with van der Waals surface area (Å²) in [6.07, 6.45) is -3.12. The largest absolute Gasteiger partial charge is 0.479 e. The number of likely N-dealkylation sites (tertiary alicyclic amines) is 1. The summed E-state index contributed by atoms with van der Waals surface area (Å²) in [5.74, 6) is -3.92. The van der Waals surface area contributed by atoms with E-state index in [0.29, 0.717) is 42.4 Å². The number of para-hydroxylation sites is 1. The van der Waals surface area contributed by atoms with Crippen LogP contribution in [0.3, 0.4) is 0 Å². The van der Waals surface area contributed by atoms with Crippen LogP contribution < -0.4 is 11.2 Å². The summed E-state index contributed by atoms with van der Waals surface area (Å²) >= 11 is 0. The number of ketones is 1. The van der Waals surface area contributed by atoms with Crippen LogP contribution in [0.1, 0.15) is 23.2 Å². The molecule has 208 valence electrons. The number of fused-ring (bicyclic) bond motifs is 1. The number of carboxylic acid groups (broad SMARTS) is 2. The Morgan fingerprint density at radius 2 is 1.46 bits per heavy atom. The number of aliphatic hydroxyl groups excluding tert-OH is 2. The molecular formula is C26H28FN3O9. The molecule has 0 unspecified atom stereocenters. The molecule has 0 aliphatic carbocycles. The van der Waals surface area contributed by atoms with Crippen molar-refractivity contribution in [3.63, 3.8) is 0 Å². The molecule has 1 fully saturated rings. The van der Waals surface area contributed by atoms with E-state index in [9.17, 15) is 28.4 Å². The number of nitrogens with zero attached hydrogens (tertiary/aromatic N) is 2. The van der Waals surface area contributed by atoms with Crippen molar-refractivity contribution < 1.29 is 39.2 Å². The molecule has 1 saturated heterocycles. The highest BCUT2D eigenvalue weighted by molar-refractivity contribution is 5.97. The maximum atomic E-state index is 13.0. The topological polar surface area (TPSA) is 190 Å². The summed E-state index contributed by atoms with van der Waals surface area (Å²) in [6.45, 7) is 2.31. The van der Waals surface area contributed by atoms with Gasteiger partial charge in [0.25, 0.3) is 5.56 Å². The summed E-state index contributed by atoms with van der Waals surface area (Å²) in [5, 5.41) is 33.0. The van der Waals surface area contributed by atoms with Crippen molar-refractivity contribution in [3.8, 4) is 0 Å². The van der Waals surface area contributed by atoms with Gasteiger partial charge in [-0.3, -0.25) is 14.2 Å². The molecule has 1 aromatic heterocycles. The Labute approximate surface area is 220 Å². The van der Waals surface area contributed by atoms with Crippen LogP contribution in [0.4, 0.5) is 4.39 Å². The van der Waals surface area contributed by atoms with Crippen LogP contribution in [0.5, 0.6) is 0 Å². The number of halogens is 1. The lowest BCUT2D eigenvalue weighted by Gasteiger charge is -2.31. The number of hydrogen-bond donors (Lipinski definition) is 5. The minimum atomic E-state index is -2.27. The van der Waals surface area contributed by atoms with Gasteiger partial charge >= 0.3 is 17.6 Å². The molecule has 0 saturated carbocycles. The summed E-state index contributed by atoms with van der Waals surface area (Å²) in [5.41, 5.74) is 0.388. The minimum Gasteiger partial charge on any atom is -0.479 e. The molecule has 2 heterocycles. The van der Waals surface area contributed by atoms with E-state index in [4.69, 9.17) is 20.4 Å². The number of benzene rings is 2. The third-order valence-corrected chi connectivity index (χ3v) is 6.42. The first-order valence-corrected chi connectivity index (χ1v) is 12.0. The SMILES string of the molecule is O=C(O)[C@H](O)[C@@H](O)C(=O)O.O=C(c1ccc(F)cc1)C1CCN(CCn2c(=O)[nH]c3ccccc3c2=O)CC1. The first-order chi connectivity index (χ1) is 18.5. The Hall–Kier alpha value is -4.20. The van der Waals surface area contributed by atoms with Crippen LogP contribution >= 0.6 is 0 Å². The Balaban J connectivity index is 0.000000360. The van der Waals surface area contributed by atoms with Crippen molar-refractivity contribution in [2.75, 3.05) is 19.6 Å². The number of rotatable bonds is 8. The number of piperidine rings is 1. The predicted molar refractivity (Wildman–Crippen MR) is 136 cm³/mol. The molecule has 0 bridgehead atoms. The first-order valence-electron chi connectivity index (χ1n) is 12.0. The van der Waals surface area contributed by atoms with E-state index < -0.39 is 29.8 Å². The van der Waals surface area contributed by atoms with Gasteiger partial charge in [-0.05, 0) is 62.3 Å². The molecule has 4 rings (SSSR count). The second-order valence-corrected chi connectivity index (χ2v) is 8.99. The summed E-state index contributed by atoms with van der Waals surface area (Å²) in [6, 6.07) is 12.6. The van der Waals surface area contributed by atoms with E-state index in [0.717, 1.165) is 13.1 Å². The Kier molecular flexibility index (Phi) is 9.82. The van der Waals surface area contributed by atoms with E-state index in [1.807, 2.05) is 0 Å². The molecule has 0 radical (unpaired) electrons. The van der Waals surface area contributed by atoms with E-state index in [2.05, 4.69) is 9.88 Å². The first kappa shape index (κ1) is 29.4. The zero-order valence-corrected chi connectivity index (χ0v) is 20.7. The Bertz CT molecular complexity index is 1430. The van der Waals surface area contributed by atoms with Gasteiger partial charge in [0.05, 0.1) is 10.9 Å². The van der Waals surface area contributed by atoms with Crippen molar-refractivity contribution in [3.05, 3.63) is 80.7 Å². The van der Waals surface area contributed by atoms with Gasteiger partial charge in [-0.15, -0.1) is 0 Å². The van der Waals surface area contributed by atoms with Gasteiger partial charge in [0.15, 0.2) is 18.0 Å². The number of carbonyl (C=O) groups is 3.